The average Bonchev–Trinajstić information content (AvgIpc) is 2.76. The van der Waals surface area contributed by atoms with Crippen molar-refractivity contribution < 1.29 is 23.8 Å². The minimum absolute atomic E-state index is 0.164. The van der Waals surface area contributed by atoms with Crippen LogP contribution in [0.3, 0.4) is 0 Å². The second kappa shape index (κ2) is 10.9. The highest BCUT2D eigenvalue weighted by Gasteiger charge is 2.23. The van der Waals surface area contributed by atoms with Crippen molar-refractivity contribution in [2.24, 2.45) is 0 Å². The van der Waals surface area contributed by atoms with E-state index >= 15 is 0 Å². The summed E-state index contributed by atoms with van der Waals surface area (Å²) in [5.41, 5.74) is 1.90. The normalized spacial score (nSPS) is 11.3. The Morgan fingerprint density at radius 2 is 1.69 bits per heavy atom. The number of likely N-dealkylation sites (N-methyl/N-ethyl adjacent to an activating group) is 1. The second-order valence-electron chi connectivity index (χ2n) is 6.56. The van der Waals surface area contributed by atoms with Crippen LogP contribution in [0.1, 0.15) is 18.1 Å². The van der Waals surface area contributed by atoms with Crippen molar-refractivity contribution in [3.05, 3.63) is 59.7 Å². The van der Waals surface area contributed by atoms with Crippen molar-refractivity contribution >= 4 is 12.0 Å². The van der Waals surface area contributed by atoms with E-state index in [0.717, 1.165) is 11.1 Å². The van der Waals surface area contributed by atoms with Crippen LogP contribution in [0.5, 0.6) is 11.5 Å². The zero-order valence-electron chi connectivity index (χ0n) is 17.3. The summed E-state index contributed by atoms with van der Waals surface area (Å²) in [6.45, 7) is 2.26. The standard InChI is InChI=1S/C22H28N2O5/c1-16(24(2)22(26)29-15-18-8-6-5-7-9-18)21(25)23-13-12-17-10-11-19(27-3)20(14-17)28-4/h5-11,14,16H,12-13,15H2,1-4H3,(H,23,25)/t16-/m0/s1. The lowest BCUT2D eigenvalue weighted by Crippen LogP contribution is -2.46. The lowest BCUT2D eigenvalue weighted by Gasteiger charge is -2.23. The fraction of sp³-hybridized carbons (Fsp3) is 0.364. The summed E-state index contributed by atoms with van der Waals surface area (Å²) in [7, 11) is 4.71. The van der Waals surface area contributed by atoms with Gasteiger partial charge in [-0.25, -0.2) is 4.79 Å². The predicted octanol–water partition coefficient (Wildman–Crippen LogP) is 3.02. The Balaban J connectivity index is 1.79. The minimum Gasteiger partial charge on any atom is -0.493 e. The van der Waals surface area contributed by atoms with Gasteiger partial charge in [0.15, 0.2) is 11.5 Å². The first-order valence-electron chi connectivity index (χ1n) is 9.38. The summed E-state index contributed by atoms with van der Waals surface area (Å²) >= 11 is 0. The molecular formula is C22H28N2O5. The first-order chi connectivity index (χ1) is 14.0. The quantitative estimate of drug-likeness (QED) is 0.700. The fourth-order valence-corrected chi connectivity index (χ4v) is 2.67. The zero-order chi connectivity index (χ0) is 21.2. The van der Waals surface area contributed by atoms with Crippen molar-refractivity contribution in [3.8, 4) is 11.5 Å². The Morgan fingerprint density at radius 3 is 2.34 bits per heavy atom. The van der Waals surface area contributed by atoms with E-state index in [1.165, 1.54) is 4.90 Å². The molecular weight excluding hydrogens is 372 g/mol. The third kappa shape index (κ3) is 6.41. The van der Waals surface area contributed by atoms with Gasteiger partial charge in [-0.1, -0.05) is 36.4 Å². The van der Waals surface area contributed by atoms with E-state index < -0.39 is 12.1 Å². The van der Waals surface area contributed by atoms with E-state index in [1.54, 1.807) is 28.2 Å². The molecule has 2 aromatic rings. The molecule has 0 aliphatic carbocycles. The van der Waals surface area contributed by atoms with E-state index in [-0.39, 0.29) is 12.5 Å². The number of benzene rings is 2. The SMILES string of the molecule is COc1ccc(CCNC(=O)[C@H](C)N(C)C(=O)OCc2ccccc2)cc1OC. The zero-order valence-corrected chi connectivity index (χ0v) is 17.3. The lowest BCUT2D eigenvalue weighted by molar-refractivity contribution is -0.125. The monoisotopic (exact) mass is 400 g/mol. The molecule has 7 heteroatoms. The molecule has 2 rings (SSSR count). The molecule has 7 nitrogen and oxygen atoms in total. The van der Waals surface area contributed by atoms with Crippen LogP contribution >= 0.6 is 0 Å². The van der Waals surface area contributed by atoms with Crippen LogP contribution in [-0.2, 0) is 22.6 Å². The Kier molecular flexibility index (Phi) is 8.33. The summed E-state index contributed by atoms with van der Waals surface area (Å²) in [5.74, 6) is 1.06. The number of carbonyl (C=O) groups excluding carboxylic acids is 2. The molecule has 1 N–H and O–H groups in total. The van der Waals surface area contributed by atoms with Crippen LogP contribution in [0.2, 0.25) is 0 Å². The molecule has 0 radical (unpaired) electrons. The highest BCUT2D eigenvalue weighted by molar-refractivity contribution is 5.85. The van der Waals surface area contributed by atoms with Gasteiger partial charge in [-0.05, 0) is 36.6 Å². The molecule has 2 aromatic carbocycles. The summed E-state index contributed by atoms with van der Waals surface area (Å²) in [6.07, 6.45) is 0.0810. The van der Waals surface area contributed by atoms with Gasteiger partial charge < -0.3 is 19.5 Å². The highest BCUT2D eigenvalue weighted by atomic mass is 16.6. The van der Waals surface area contributed by atoms with Gasteiger partial charge in [0.05, 0.1) is 14.2 Å². The molecule has 0 fully saturated rings. The number of hydrogen-bond acceptors (Lipinski definition) is 5. The van der Waals surface area contributed by atoms with E-state index in [0.29, 0.717) is 24.5 Å². The smallest absolute Gasteiger partial charge is 0.410 e. The Bertz CT molecular complexity index is 810. The van der Waals surface area contributed by atoms with Crippen molar-refractivity contribution in [3.63, 3.8) is 0 Å². The van der Waals surface area contributed by atoms with Gasteiger partial charge >= 0.3 is 6.09 Å². The molecule has 29 heavy (non-hydrogen) atoms. The number of rotatable bonds is 9. The fourth-order valence-electron chi connectivity index (χ4n) is 2.67. The minimum atomic E-state index is -0.649. The molecule has 0 spiro atoms. The van der Waals surface area contributed by atoms with Gasteiger partial charge in [-0.15, -0.1) is 0 Å². The van der Waals surface area contributed by atoms with Gasteiger partial charge in [0.25, 0.3) is 0 Å². The Morgan fingerprint density at radius 1 is 1.00 bits per heavy atom. The van der Waals surface area contributed by atoms with Gasteiger partial charge in [0, 0.05) is 13.6 Å². The molecule has 0 aliphatic rings. The third-order valence-electron chi connectivity index (χ3n) is 4.61. The maximum atomic E-state index is 12.4. The number of nitrogens with zero attached hydrogens (tertiary/aromatic N) is 1. The van der Waals surface area contributed by atoms with Crippen LogP contribution in [0.4, 0.5) is 4.79 Å². The predicted molar refractivity (Wildman–Crippen MR) is 110 cm³/mol. The summed E-state index contributed by atoms with van der Waals surface area (Å²) < 4.78 is 15.8. The molecule has 0 unspecified atom stereocenters. The third-order valence-corrected chi connectivity index (χ3v) is 4.61. The molecule has 1 atom stereocenters. The van der Waals surface area contributed by atoms with E-state index in [2.05, 4.69) is 5.32 Å². The first kappa shape index (κ1) is 22.1. The Labute approximate surface area is 171 Å². The van der Waals surface area contributed by atoms with Gasteiger partial charge in [-0.3, -0.25) is 9.69 Å². The lowest BCUT2D eigenvalue weighted by atomic mass is 10.1. The van der Waals surface area contributed by atoms with E-state index in [4.69, 9.17) is 14.2 Å². The molecule has 156 valence electrons. The largest absolute Gasteiger partial charge is 0.493 e. The van der Waals surface area contributed by atoms with Gasteiger partial charge in [0.2, 0.25) is 5.91 Å². The maximum Gasteiger partial charge on any atom is 0.410 e. The van der Waals surface area contributed by atoms with Crippen molar-refractivity contribution in [2.45, 2.75) is 26.0 Å². The molecule has 0 aliphatic heterocycles. The average molecular weight is 400 g/mol. The molecule has 2 amide bonds. The number of methoxy groups -OCH3 is 2. The summed E-state index contributed by atoms with van der Waals surface area (Å²) in [4.78, 5) is 25.8. The summed E-state index contributed by atoms with van der Waals surface area (Å²) in [5, 5.41) is 2.85. The number of amides is 2. The molecule has 0 bridgehead atoms. The Hall–Kier alpha value is -3.22. The van der Waals surface area contributed by atoms with Crippen LogP contribution < -0.4 is 14.8 Å². The molecule has 0 aromatic heterocycles. The first-order valence-corrected chi connectivity index (χ1v) is 9.38. The van der Waals surface area contributed by atoms with Crippen molar-refractivity contribution in [2.75, 3.05) is 27.8 Å². The van der Waals surface area contributed by atoms with Gasteiger partial charge in [0.1, 0.15) is 12.6 Å². The second-order valence-corrected chi connectivity index (χ2v) is 6.56. The summed E-state index contributed by atoms with van der Waals surface area (Å²) in [6, 6.07) is 14.4. The van der Waals surface area contributed by atoms with E-state index in [1.807, 2.05) is 48.5 Å². The number of nitrogens with one attached hydrogen (secondary N) is 1. The van der Waals surface area contributed by atoms with Crippen LogP contribution in [0, 0.1) is 0 Å². The van der Waals surface area contributed by atoms with E-state index in [9.17, 15) is 9.59 Å². The number of carbonyl (C=O) groups is 2. The number of hydrogen-bond donors (Lipinski definition) is 1. The highest BCUT2D eigenvalue weighted by Crippen LogP contribution is 2.27. The molecule has 0 heterocycles. The van der Waals surface area contributed by atoms with Crippen molar-refractivity contribution in [1.29, 1.82) is 0 Å². The molecule has 0 saturated carbocycles. The molecule has 0 saturated heterocycles. The topological polar surface area (TPSA) is 77.1 Å². The van der Waals surface area contributed by atoms with Crippen molar-refractivity contribution in [1.82, 2.24) is 10.2 Å². The van der Waals surface area contributed by atoms with Crippen LogP contribution in [0.15, 0.2) is 48.5 Å². The number of ether oxygens (including phenoxy) is 3. The van der Waals surface area contributed by atoms with Gasteiger partial charge in [-0.2, -0.15) is 0 Å². The van der Waals surface area contributed by atoms with Crippen LogP contribution in [0.25, 0.3) is 0 Å². The van der Waals surface area contributed by atoms with Crippen LogP contribution in [-0.4, -0.2) is 50.8 Å². The maximum absolute atomic E-state index is 12.4.